The van der Waals surface area contributed by atoms with E-state index in [0.717, 1.165) is 43.3 Å². The molecule has 26 heavy (non-hydrogen) atoms. The number of ether oxygens (including phenoxy) is 2. The number of hydrogen-bond donors (Lipinski definition) is 1. The van der Waals surface area contributed by atoms with Gasteiger partial charge in [-0.15, -0.1) is 0 Å². The highest BCUT2D eigenvalue weighted by Gasteiger charge is 2.23. The van der Waals surface area contributed by atoms with Crippen LogP contribution in [0.4, 0.5) is 11.4 Å². The molecule has 2 aromatic rings. The molecule has 5 heteroatoms. The van der Waals surface area contributed by atoms with Gasteiger partial charge in [0.2, 0.25) is 0 Å². The average Bonchev–Trinajstić information content (AvgIpc) is 3.20. The second kappa shape index (κ2) is 8.72. The van der Waals surface area contributed by atoms with E-state index in [1.807, 2.05) is 60.4 Å². The van der Waals surface area contributed by atoms with Crippen molar-refractivity contribution < 1.29 is 14.3 Å². The van der Waals surface area contributed by atoms with Crippen LogP contribution in [-0.4, -0.2) is 44.2 Å². The van der Waals surface area contributed by atoms with E-state index in [9.17, 15) is 4.79 Å². The summed E-state index contributed by atoms with van der Waals surface area (Å²) in [4.78, 5) is 15.0. The maximum Gasteiger partial charge on any atom is 0.255 e. The first-order chi connectivity index (χ1) is 12.7. The van der Waals surface area contributed by atoms with E-state index in [0.29, 0.717) is 18.0 Å². The van der Waals surface area contributed by atoms with Crippen molar-refractivity contribution >= 4 is 17.3 Å². The first-order valence-electron chi connectivity index (χ1n) is 9.08. The normalized spacial score (nSPS) is 16.3. The SMILES string of the molecule is CCN(C[C@@H]1CCOC1)C(=O)c1ccccc1Nc1ccc(OC)cc1. The molecule has 0 spiro atoms. The van der Waals surface area contributed by atoms with Gasteiger partial charge in [0.1, 0.15) is 5.75 Å². The Morgan fingerprint density at radius 3 is 2.65 bits per heavy atom. The van der Waals surface area contributed by atoms with Crippen molar-refractivity contribution in [3.05, 3.63) is 54.1 Å². The highest BCUT2D eigenvalue weighted by molar-refractivity contribution is 6.00. The molecule has 1 saturated heterocycles. The lowest BCUT2D eigenvalue weighted by Gasteiger charge is -2.25. The minimum absolute atomic E-state index is 0.0519. The topological polar surface area (TPSA) is 50.8 Å². The van der Waals surface area contributed by atoms with Crippen molar-refractivity contribution in [3.8, 4) is 5.75 Å². The number of hydrogen-bond acceptors (Lipinski definition) is 4. The second-order valence-corrected chi connectivity index (χ2v) is 6.47. The third kappa shape index (κ3) is 4.35. The van der Waals surface area contributed by atoms with E-state index in [4.69, 9.17) is 9.47 Å². The molecule has 1 fully saturated rings. The number of benzene rings is 2. The van der Waals surface area contributed by atoms with Crippen LogP contribution < -0.4 is 10.1 Å². The average molecular weight is 354 g/mol. The standard InChI is InChI=1S/C21H26N2O3/c1-3-23(14-16-12-13-26-15-16)21(24)19-6-4-5-7-20(19)22-17-8-10-18(25-2)11-9-17/h4-11,16,22H,3,12-15H2,1-2H3/t16-/m0/s1. The van der Waals surface area contributed by atoms with Gasteiger partial charge < -0.3 is 19.7 Å². The van der Waals surface area contributed by atoms with Crippen molar-refractivity contribution in [1.82, 2.24) is 4.90 Å². The smallest absolute Gasteiger partial charge is 0.255 e. The second-order valence-electron chi connectivity index (χ2n) is 6.47. The van der Waals surface area contributed by atoms with Crippen molar-refractivity contribution in [3.63, 3.8) is 0 Å². The number of nitrogens with zero attached hydrogens (tertiary/aromatic N) is 1. The fourth-order valence-corrected chi connectivity index (χ4v) is 3.17. The molecule has 0 unspecified atom stereocenters. The highest BCUT2D eigenvalue weighted by atomic mass is 16.5. The summed E-state index contributed by atoms with van der Waals surface area (Å²) >= 11 is 0. The van der Waals surface area contributed by atoms with Gasteiger partial charge in [-0.1, -0.05) is 12.1 Å². The summed E-state index contributed by atoms with van der Waals surface area (Å²) < 4.78 is 10.6. The van der Waals surface area contributed by atoms with Crippen LogP contribution in [0.15, 0.2) is 48.5 Å². The molecule has 1 atom stereocenters. The Balaban J connectivity index is 1.76. The molecule has 0 bridgehead atoms. The zero-order valence-corrected chi connectivity index (χ0v) is 15.4. The predicted molar refractivity (Wildman–Crippen MR) is 103 cm³/mol. The molecule has 1 aliphatic heterocycles. The number of amides is 1. The Kier molecular flexibility index (Phi) is 6.12. The Morgan fingerprint density at radius 1 is 1.23 bits per heavy atom. The van der Waals surface area contributed by atoms with Crippen LogP contribution in [0.2, 0.25) is 0 Å². The molecule has 1 N–H and O–H groups in total. The molecule has 1 aliphatic rings. The quantitative estimate of drug-likeness (QED) is 0.818. The molecule has 0 aromatic heterocycles. The monoisotopic (exact) mass is 354 g/mol. The van der Waals surface area contributed by atoms with Crippen LogP contribution in [-0.2, 0) is 4.74 Å². The van der Waals surface area contributed by atoms with Crippen LogP contribution in [0.3, 0.4) is 0 Å². The minimum atomic E-state index is 0.0519. The molecular formula is C21H26N2O3. The van der Waals surface area contributed by atoms with Gasteiger partial charge in [0.15, 0.2) is 0 Å². The van der Waals surface area contributed by atoms with Gasteiger partial charge >= 0.3 is 0 Å². The Morgan fingerprint density at radius 2 is 2.00 bits per heavy atom. The minimum Gasteiger partial charge on any atom is -0.497 e. The zero-order valence-electron chi connectivity index (χ0n) is 15.4. The van der Waals surface area contributed by atoms with Gasteiger partial charge in [0, 0.05) is 31.3 Å². The number of carbonyl (C=O) groups is 1. The van der Waals surface area contributed by atoms with Crippen molar-refractivity contribution in [2.75, 3.05) is 38.7 Å². The van der Waals surface area contributed by atoms with Gasteiger partial charge in [0.05, 0.1) is 25.0 Å². The number of para-hydroxylation sites is 1. The van der Waals surface area contributed by atoms with Crippen LogP contribution in [0.1, 0.15) is 23.7 Å². The number of rotatable bonds is 7. The van der Waals surface area contributed by atoms with Gasteiger partial charge in [-0.25, -0.2) is 0 Å². The van der Waals surface area contributed by atoms with E-state index in [-0.39, 0.29) is 5.91 Å². The Labute approximate surface area is 154 Å². The number of carbonyl (C=O) groups excluding carboxylic acids is 1. The third-order valence-corrected chi connectivity index (χ3v) is 4.70. The fourth-order valence-electron chi connectivity index (χ4n) is 3.17. The molecular weight excluding hydrogens is 328 g/mol. The summed E-state index contributed by atoms with van der Waals surface area (Å²) in [6.07, 6.45) is 1.02. The number of anilines is 2. The number of nitrogens with one attached hydrogen (secondary N) is 1. The summed E-state index contributed by atoms with van der Waals surface area (Å²) in [6, 6.07) is 15.3. The van der Waals surface area contributed by atoms with Crippen molar-refractivity contribution in [2.45, 2.75) is 13.3 Å². The van der Waals surface area contributed by atoms with Crippen molar-refractivity contribution in [2.24, 2.45) is 5.92 Å². The van der Waals surface area contributed by atoms with Crippen LogP contribution in [0, 0.1) is 5.92 Å². The van der Waals surface area contributed by atoms with E-state index in [1.54, 1.807) is 7.11 Å². The highest BCUT2D eigenvalue weighted by Crippen LogP contribution is 2.25. The van der Waals surface area contributed by atoms with Crippen LogP contribution in [0.25, 0.3) is 0 Å². The van der Waals surface area contributed by atoms with E-state index in [2.05, 4.69) is 5.32 Å². The third-order valence-electron chi connectivity index (χ3n) is 4.70. The molecule has 1 heterocycles. The maximum absolute atomic E-state index is 13.1. The number of methoxy groups -OCH3 is 1. The zero-order chi connectivity index (χ0) is 18.4. The molecule has 0 saturated carbocycles. The first-order valence-corrected chi connectivity index (χ1v) is 9.08. The first kappa shape index (κ1) is 18.3. The van der Waals surface area contributed by atoms with Gasteiger partial charge in [0.25, 0.3) is 5.91 Å². The fraction of sp³-hybridized carbons (Fsp3) is 0.381. The summed E-state index contributed by atoms with van der Waals surface area (Å²) in [5.41, 5.74) is 2.41. The Hall–Kier alpha value is -2.53. The molecule has 138 valence electrons. The molecule has 3 rings (SSSR count). The molecule has 5 nitrogen and oxygen atoms in total. The molecule has 0 aliphatic carbocycles. The molecule has 2 aromatic carbocycles. The van der Waals surface area contributed by atoms with E-state index in [1.165, 1.54) is 0 Å². The van der Waals surface area contributed by atoms with Gasteiger partial charge in [-0.2, -0.15) is 0 Å². The molecule has 1 amide bonds. The molecule has 0 radical (unpaired) electrons. The summed E-state index contributed by atoms with van der Waals surface area (Å²) in [5, 5.41) is 3.35. The predicted octanol–water partition coefficient (Wildman–Crippen LogP) is 3.94. The lowest BCUT2D eigenvalue weighted by molar-refractivity contribution is 0.0732. The summed E-state index contributed by atoms with van der Waals surface area (Å²) in [7, 11) is 1.64. The maximum atomic E-state index is 13.1. The Bertz CT molecular complexity index is 724. The largest absolute Gasteiger partial charge is 0.497 e. The lowest BCUT2D eigenvalue weighted by atomic mass is 10.1. The van der Waals surface area contributed by atoms with Gasteiger partial charge in [-0.3, -0.25) is 4.79 Å². The van der Waals surface area contributed by atoms with Gasteiger partial charge in [-0.05, 0) is 49.7 Å². The van der Waals surface area contributed by atoms with Crippen LogP contribution >= 0.6 is 0 Å². The van der Waals surface area contributed by atoms with Crippen LogP contribution in [0.5, 0.6) is 5.75 Å². The summed E-state index contributed by atoms with van der Waals surface area (Å²) in [5.74, 6) is 1.28. The van der Waals surface area contributed by atoms with E-state index < -0.39 is 0 Å². The van der Waals surface area contributed by atoms with E-state index >= 15 is 0 Å². The lowest BCUT2D eigenvalue weighted by Crippen LogP contribution is -2.35. The van der Waals surface area contributed by atoms with Crippen molar-refractivity contribution in [1.29, 1.82) is 0 Å². The summed E-state index contributed by atoms with van der Waals surface area (Å²) in [6.45, 7) is 4.99.